The second-order valence-corrected chi connectivity index (χ2v) is 5.23. The van der Waals surface area contributed by atoms with Gasteiger partial charge in [-0.2, -0.15) is 14.4 Å². The normalized spacial score (nSPS) is 12.7. The lowest BCUT2D eigenvalue weighted by Gasteiger charge is -2.19. The molecule has 2 aromatic heterocycles. The maximum Gasteiger partial charge on any atom is 0.312 e. The topological polar surface area (TPSA) is 73.1 Å². The van der Waals surface area contributed by atoms with Crippen LogP contribution in [0.4, 0.5) is 4.39 Å². The van der Waals surface area contributed by atoms with Gasteiger partial charge in [-0.05, 0) is 5.56 Å². The largest absolute Gasteiger partial charge is 0.396 e. The molecule has 0 saturated heterocycles. The zero-order valence-corrected chi connectivity index (χ0v) is 12.8. The van der Waals surface area contributed by atoms with Crippen LogP contribution in [0.3, 0.4) is 0 Å². The van der Waals surface area contributed by atoms with Gasteiger partial charge in [0.25, 0.3) is 0 Å². The molecular formula is C15H14ClFN4O2. The highest BCUT2D eigenvalue weighted by atomic mass is 35.5. The summed E-state index contributed by atoms with van der Waals surface area (Å²) < 4.78 is 20.8. The summed E-state index contributed by atoms with van der Waals surface area (Å²) in [4.78, 5) is 11.3. The summed E-state index contributed by atoms with van der Waals surface area (Å²) in [6.07, 6.45) is 0.281. The van der Waals surface area contributed by atoms with Crippen LogP contribution in [0.1, 0.15) is 18.2 Å². The van der Waals surface area contributed by atoms with E-state index in [-0.39, 0.29) is 17.4 Å². The molecule has 0 aliphatic heterocycles. The third kappa shape index (κ3) is 3.47. The van der Waals surface area contributed by atoms with Crippen LogP contribution < -0.4 is 0 Å². The second kappa shape index (κ2) is 6.99. The number of hydrogen-bond acceptors (Lipinski definition) is 5. The summed E-state index contributed by atoms with van der Waals surface area (Å²) >= 11 is 5.87. The van der Waals surface area contributed by atoms with Crippen molar-refractivity contribution in [1.82, 2.24) is 19.5 Å². The van der Waals surface area contributed by atoms with Gasteiger partial charge in [-0.25, -0.2) is 4.98 Å². The van der Waals surface area contributed by atoms with Crippen LogP contribution in [0.2, 0.25) is 5.15 Å². The Hall–Kier alpha value is -2.09. The third-order valence-corrected chi connectivity index (χ3v) is 3.59. The third-order valence-electron chi connectivity index (χ3n) is 3.32. The van der Waals surface area contributed by atoms with E-state index in [9.17, 15) is 9.50 Å². The Bertz CT molecular complexity index is 797. The Morgan fingerprint density at radius 2 is 2.04 bits per heavy atom. The first-order valence-electron chi connectivity index (χ1n) is 7.01. The van der Waals surface area contributed by atoms with Gasteiger partial charge in [0.1, 0.15) is 11.7 Å². The summed E-state index contributed by atoms with van der Waals surface area (Å²) in [5.41, 5.74) is 1.51. The van der Waals surface area contributed by atoms with E-state index in [1.165, 1.54) is 6.33 Å². The number of rotatable bonds is 6. The number of imidazole rings is 1. The first kappa shape index (κ1) is 15.8. The molecule has 3 aromatic rings. The predicted octanol–water partition coefficient (Wildman–Crippen LogP) is 2.72. The Morgan fingerprint density at radius 3 is 2.78 bits per heavy atom. The van der Waals surface area contributed by atoms with E-state index in [1.54, 1.807) is 4.57 Å². The molecule has 8 heteroatoms. The molecule has 0 radical (unpaired) electrons. The summed E-state index contributed by atoms with van der Waals surface area (Å²) in [6.45, 7) is 0.243. The number of aliphatic hydroxyl groups is 1. The van der Waals surface area contributed by atoms with Crippen LogP contribution in [-0.2, 0) is 11.3 Å². The van der Waals surface area contributed by atoms with Crippen molar-refractivity contribution in [2.24, 2.45) is 0 Å². The number of aliphatic hydroxyl groups excluding tert-OH is 1. The number of hydrogen-bond donors (Lipinski definition) is 1. The van der Waals surface area contributed by atoms with E-state index in [1.807, 2.05) is 30.3 Å². The summed E-state index contributed by atoms with van der Waals surface area (Å²) in [5, 5.41) is 9.21. The van der Waals surface area contributed by atoms with Crippen molar-refractivity contribution < 1.29 is 14.2 Å². The summed E-state index contributed by atoms with van der Waals surface area (Å²) in [7, 11) is 0. The van der Waals surface area contributed by atoms with Gasteiger partial charge in [-0.1, -0.05) is 41.9 Å². The number of nitrogens with zero attached hydrogens (tertiary/aromatic N) is 4. The van der Waals surface area contributed by atoms with Gasteiger partial charge in [0.15, 0.2) is 10.8 Å². The molecular weight excluding hydrogens is 323 g/mol. The lowest BCUT2D eigenvalue weighted by Crippen LogP contribution is -2.15. The Kier molecular flexibility index (Phi) is 4.80. The SMILES string of the molecule is OCCC(OCc1ccccc1)n1cnc2c(Cl)nc(F)nc21. The van der Waals surface area contributed by atoms with E-state index < -0.39 is 12.3 Å². The van der Waals surface area contributed by atoms with Crippen LogP contribution in [0.15, 0.2) is 36.7 Å². The molecule has 0 fully saturated rings. The lowest BCUT2D eigenvalue weighted by molar-refractivity contribution is -0.0221. The molecule has 120 valence electrons. The molecule has 2 heterocycles. The van der Waals surface area contributed by atoms with Crippen molar-refractivity contribution in [1.29, 1.82) is 0 Å². The predicted molar refractivity (Wildman–Crippen MR) is 82.3 cm³/mol. The standard InChI is InChI=1S/C15H14ClFN4O2/c16-13-12-14(20-15(17)19-13)21(9-18-12)11(6-7-22)23-8-10-4-2-1-3-5-10/h1-5,9,11,22H,6-8H2. The summed E-state index contributed by atoms with van der Waals surface area (Å²) in [5.74, 6) is 0. The molecule has 6 nitrogen and oxygen atoms in total. The molecule has 0 saturated carbocycles. The minimum atomic E-state index is -0.935. The highest BCUT2D eigenvalue weighted by Crippen LogP contribution is 2.24. The fourth-order valence-electron chi connectivity index (χ4n) is 2.25. The molecule has 1 unspecified atom stereocenters. The monoisotopic (exact) mass is 336 g/mol. The Balaban J connectivity index is 1.89. The van der Waals surface area contributed by atoms with E-state index in [2.05, 4.69) is 15.0 Å². The fraction of sp³-hybridized carbons (Fsp3) is 0.267. The van der Waals surface area contributed by atoms with Gasteiger partial charge < -0.3 is 9.84 Å². The van der Waals surface area contributed by atoms with Crippen LogP contribution in [0, 0.1) is 6.08 Å². The number of aromatic nitrogens is 4. The van der Waals surface area contributed by atoms with Crippen molar-refractivity contribution in [3.63, 3.8) is 0 Å². The molecule has 0 spiro atoms. The maximum atomic E-state index is 13.4. The van der Waals surface area contributed by atoms with E-state index in [4.69, 9.17) is 16.3 Å². The second-order valence-electron chi connectivity index (χ2n) is 4.87. The van der Waals surface area contributed by atoms with Crippen LogP contribution in [0.25, 0.3) is 11.2 Å². The molecule has 1 atom stereocenters. The molecule has 23 heavy (non-hydrogen) atoms. The molecule has 1 aromatic carbocycles. The first-order chi connectivity index (χ1) is 11.2. The van der Waals surface area contributed by atoms with E-state index >= 15 is 0 Å². The minimum Gasteiger partial charge on any atom is -0.396 e. The first-order valence-corrected chi connectivity index (χ1v) is 7.39. The number of ether oxygens (including phenoxy) is 1. The zero-order valence-electron chi connectivity index (χ0n) is 12.1. The highest BCUT2D eigenvalue weighted by molar-refractivity contribution is 6.33. The zero-order chi connectivity index (χ0) is 16.2. The van der Waals surface area contributed by atoms with E-state index in [0.717, 1.165) is 5.56 Å². The smallest absolute Gasteiger partial charge is 0.312 e. The quantitative estimate of drug-likeness (QED) is 0.553. The molecule has 0 amide bonds. The molecule has 3 rings (SSSR count). The van der Waals surface area contributed by atoms with Gasteiger partial charge in [0.05, 0.1) is 12.9 Å². The average Bonchev–Trinajstić information content (AvgIpc) is 2.96. The van der Waals surface area contributed by atoms with Crippen molar-refractivity contribution in [3.8, 4) is 0 Å². The number of halogens is 2. The average molecular weight is 337 g/mol. The van der Waals surface area contributed by atoms with Gasteiger partial charge in [-0.15, -0.1) is 0 Å². The highest BCUT2D eigenvalue weighted by Gasteiger charge is 2.18. The van der Waals surface area contributed by atoms with Gasteiger partial charge in [0.2, 0.25) is 0 Å². The van der Waals surface area contributed by atoms with Crippen LogP contribution in [0.5, 0.6) is 0 Å². The van der Waals surface area contributed by atoms with Gasteiger partial charge in [-0.3, -0.25) is 4.57 Å². The molecule has 0 bridgehead atoms. The Labute approximate surface area is 136 Å². The van der Waals surface area contributed by atoms with Crippen LogP contribution in [-0.4, -0.2) is 31.2 Å². The molecule has 0 aliphatic rings. The van der Waals surface area contributed by atoms with Gasteiger partial charge in [0, 0.05) is 13.0 Å². The number of fused-ring (bicyclic) bond motifs is 1. The number of benzene rings is 1. The van der Waals surface area contributed by atoms with Gasteiger partial charge >= 0.3 is 6.08 Å². The molecule has 1 N–H and O–H groups in total. The van der Waals surface area contributed by atoms with Crippen LogP contribution >= 0.6 is 11.6 Å². The minimum absolute atomic E-state index is 0.0583. The van der Waals surface area contributed by atoms with Crippen molar-refractivity contribution in [2.75, 3.05) is 6.61 Å². The fourth-order valence-corrected chi connectivity index (χ4v) is 2.45. The molecule has 0 aliphatic carbocycles. The van der Waals surface area contributed by atoms with E-state index in [0.29, 0.717) is 18.5 Å². The van der Waals surface area contributed by atoms with Crippen molar-refractivity contribution in [3.05, 3.63) is 53.5 Å². The maximum absolute atomic E-state index is 13.4. The Morgan fingerprint density at radius 1 is 1.26 bits per heavy atom. The van der Waals surface area contributed by atoms with Crippen molar-refractivity contribution >= 4 is 22.8 Å². The lowest BCUT2D eigenvalue weighted by atomic mass is 10.2. The summed E-state index contributed by atoms with van der Waals surface area (Å²) in [6, 6.07) is 9.60. The van der Waals surface area contributed by atoms with Crippen molar-refractivity contribution in [2.45, 2.75) is 19.3 Å².